The maximum Gasteiger partial charge on any atom is 0.244 e. The number of thiocarbonyl (C=S) groups is 1. The van der Waals surface area contributed by atoms with Crippen molar-refractivity contribution in [3.8, 4) is 0 Å². The van der Waals surface area contributed by atoms with Gasteiger partial charge in [0.15, 0.2) is 5.11 Å². The van der Waals surface area contributed by atoms with Crippen LogP contribution in [0.4, 0.5) is 5.69 Å². The molecule has 0 spiro atoms. The molecule has 1 amide bonds. The first-order valence-electron chi connectivity index (χ1n) is 6.45. The van der Waals surface area contributed by atoms with Gasteiger partial charge in [0.05, 0.1) is 0 Å². The summed E-state index contributed by atoms with van der Waals surface area (Å²) in [6.07, 6.45) is 0. The molecule has 23 heavy (non-hydrogen) atoms. The van der Waals surface area contributed by atoms with Crippen molar-refractivity contribution in [3.05, 3.63) is 63.1 Å². The predicted molar refractivity (Wildman–Crippen MR) is 99.2 cm³/mol. The molecule has 0 aliphatic heterocycles. The van der Waals surface area contributed by atoms with Crippen LogP contribution in [0.25, 0.3) is 0 Å². The van der Waals surface area contributed by atoms with Gasteiger partial charge in [0.2, 0.25) is 5.91 Å². The van der Waals surface area contributed by atoms with E-state index in [0.29, 0.717) is 26.3 Å². The van der Waals surface area contributed by atoms with Crippen LogP contribution in [0.5, 0.6) is 0 Å². The van der Waals surface area contributed by atoms with Crippen LogP contribution < -0.4 is 16.4 Å². The maximum atomic E-state index is 11.8. The summed E-state index contributed by atoms with van der Waals surface area (Å²) in [6.45, 7) is 0. The van der Waals surface area contributed by atoms with Crippen LogP contribution in [-0.4, -0.2) is 11.0 Å². The van der Waals surface area contributed by atoms with E-state index in [1.807, 2.05) is 0 Å². The molecule has 2 aromatic carbocycles. The number of primary amides is 1. The van der Waals surface area contributed by atoms with Gasteiger partial charge in [-0.25, -0.2) is 0 Å². The third-order valence-electron chi connectivity index (χ3n) is 2.95. The summed E-state index contributed by atoms with van der Waals surface area (Å²) < 4.78 is 0. The van der Waals surface area contributed by atoms with E-state index in [-0.39, 0.29) is 5.11 Å². The average molecular weight is 389 g/mol. The zero-order chi connectivity index (χ0) is 17.0. The molecule has 0 saturated heterocycles. The number of benzene rings is 2. The Hall–Kier alpha value is -1.53. The second-order valence-electron chi connectivity index (χ2n) is 4.58. The minimum atomic E-state index is -0.955. The van der Waals surface area contributed by atoms with Gasteiger partial charge < -0.3 is 16.4 Å². The molecule has 120 valence electrons. The zero-order valence-electron chi connectivity index (χ0n) is 11.6. The number of rotatable bonds is 4. The lowest BCUT2D eigenvalue weighted by Gasteiger charge is -2.20. The van der Waals surface area contributed by atoms with Crippen molar-refractivity contribution >= 4 is 63.7 Å². The summed E-state index contributed by atoms with van der Waals surface area (Å²) in [7, 11) is 0. The topological polar surface area (TPSA) is 67.2 Å². The minimum Gasteiger partial charge on any atom is -0.368 e. The Morgan fingerprint density at radius 3 is 2.13 bits per heavy atom. The Labute approximate surface area is 153 Å². The summed E-state index contributed by atoms with van der Waals surface area (Å²) >= 11 is 23.3. The van der Waals surface area contributed by atoms with Crippen LogP contribution in [0, 0.1) is 0 Å². The summed E-state index contributed by atoms with van der Waals surface area (Å²) in [5.41, 5.74) is 6.53. The number of carbonyl (C=O) groups is 1. The van der Waals surface area contributed by atoms with Gasteiger partial charge in [0, 0.05) is 26.3 Å². The highest BCUT2D eigenvalue weighted by atomic mass is 35.5. The Bertz CT molecular complexity index is 717. The lowest BCUT2D eigenvalue weighted by molar-refractivity contribution is -0.119. The van der Waals surface area contributed by atoms with Crippen molar-refractivity contribution in [2.24, 2.45) is 5.73 Å². The molecular formula is C15H12Cl3N3OS. The molecule has 0 aliphatic carbocycles. The SMILES string of the molecule is NC(=O)C(NC(=S)Nc1ccc(Cl)cc1)c1c(Cl)cccc1Cl. The van der Waals surface area contributed by atoms with E-state index in [1.54, 1.807) is 42.5 Å². The Morgan fingerprint density at radius 2 is 1.61 bits per heavy atom. The molecule has 1 unspecified atom stereocenters. The Balaban J connectivity index is 2.18. The molecule has 4 N–H and O–H groups in total. The summed E-state index contributed by atoms with van der Waals surface area (Å²) in [6, 6.07) is 10.9. The first-order chi connectivity index (χ1) is 10.9. The second-order valence-corrected chi connectivity index (χ2v) is 6.24. The monoisotopic (exact) mass is 387 g/mol. The first-order valence-corrected chi connectivity index (χ1v) is 7.99. The molecule has 4 nitrogen and oxygen atoms in total. The molecule has 0 bridgehead atoms. The number of halogens is 3. The second kappa shape index (κ2) is 7.84. The molecule has 8 heteroatoms. The molecule has 0 fully saturated rings. The Morgan fingerprint density at radius 1 is 1.04 bits per heavy atom. The molecule has 0 saturated carbocycles. The van der Waals surface area contributed by atoms with Crippen LogP contribution in [0.1, 0.15) is 11.6 Å². The standard InChI is InChI=1S/C15H12Cl3N3OS/c16-8-4-6-9(7-5-8)20-15(23)21-13(14(19)22)12-10(17)2-1-3-11(12)18/h1-7,13H,(H2,19,22)(H2,20,21,23). The molecule has 0 radical (unpaired) electrons. The van der Waals surface area contributed by atoms with Gasteiger partial charge in [0.1, 0.15) is 6.04 Å². The van der Waals surface area contributed by atoms with Gasteiger partial charge in [-0.05, 0) is 48.6 Å². The number of anilines is 1. The lowest BCUT2D eigenvalue weighted by atomic mass is 10.1. The fourth-order valence-electron chi connectivity index (χ4n) is 1.90. The van der Waals surface area contributed by atoms with E-state index in [2.05, 4.69) is 10.6 Å². The highest BCUT2D eigenvalue weighted by Gasteiger charge is 2.24. The molecule has 2 rings (SSSR count). The quantitative estimate of drug-likeness (QED) is 0.688. The smallest absolute Gasteiger partial charge is 0.244 e. The van der Waals surface area contributed by atoms with E-state index in [1.165, 1.54) is 0 Å². The van der Waals surface area contributed by atoms with Crippen molar-refractivity contribution in [2.75, 3.05) is 5.32 Å². The number of nitrogens with one attached hydrogen (secondary N) is 2. The molecule has 0 aliphatic rings. The number of amides is 1. The maximum absolute atomic E-state index is 11.8. The van der Waals surface area contributed by atoms with Crippen molar-refractivity contribution in [1.82, 2.24) is 5.32 Å². The third-order valence-corrected chi connectivity index (χ3v) is 4.08. The highest BCUT2D eigenvalue weighted by Crippen LogP contribution is 2.30. The number of nitrogens with two attached hydrogens (primary N) is 1. The molecular weight excluding hydrogens is 377 g/mol. The van der Waals surface area contributed by atoms with Crippen LogP contribution in [0.2, 0.25) is 15.1 Å². The average Bonchev–Trinajstić information content (AvgIpc) is 2.48. The van der Waals surface area contributed by atoms with E-state index >= 15 is 0 Å². The van der Waals surface area contributed by atoms with E-state index in [9.17, 15) is 4.79 Å². The first kappa shape index (κ1) is 17.8. The van der Waals surface area contributed by atoms with Crippen molar-refractivity contribution in [2.45, 2.75) is 6.04 Å². The van der Waals surface area contributed by atoms with Gasteiger partial charge >= 0.3 is 0 Å². The molecule has 0 heterocycles. The van der Waals surface area contributed by atoms with Crippen molar-refractivity contribution < 1.29 is 4.79 Å². The fourth-order valence-corrected chi connectivity index (χ4v) is 2.88. The van der Waals surface area contributed by atoms with Gasteiger partial charge in [-0.1, -0.05) is 40.9 Å². The molecule has 2 aromatic rings. The lowest BCUT2D eigenvalue weighted by Crippen LogP contribution is -2.39. The fraction of sp³-hybridized carbons (Fsp3) is 0.0667. The van der Waals surface area contributed by atoms with Crippen molar-refractivity contribution in [3.63, 3.8) is 0 Å². The van der Waals surface area contributed by atoms with Gasteiger partial charge in [-0.3, -0.25) is 4.79 Å². The number of carbonyl (C=O) groups excluding carboxylic acids is 1. The van der Waals surface area contributed by atoms with Crippen LogP contribution >= 0.6 is 47.0 Å². The zero-order valence-corrected chi connectivity index (χ0v) is 14.7. The number of hydrogen-bond donors (Lipinski definition) is 3. The predicted octanol–water partition coefficient (Wildman–Crippen LogP) is 4.16. The summed E-state index contributed by atoms with van der Waals surface area (Å²) in [4.78, 5) is 11.8. The van der Waals surface area contributed by atoms with E-state index in [4.69, 9.17) is 52.8 Å². The minimum absolute atomic E-state index is 0.201. The Kier molecular flexibility index (Phi) is 6.07. The van der Waals surface area contributed by atoms with Gasteiger partial charge in [0.25, 0.3) is 0 Å². The summed E-state index contributed by atoms with van der Waals surface area (Å²) in [5, 5.41) is 7.20. The van der Waals surface area contributed by atoms with Gasteiger partial charge in [-0.15, -0.1) is 0 Å². The van der Waals surface area contributed by atoms with Crippen LogP contribution in [0.3, 0.4) is 0 Å². The highest BCUT2D eigenvalue weighted by molar-refractivity contribution is 7.80. The van der Waals surface area contributed by atoms with E-state index in [0.717, 1.165) is 0 Å². The van der Waals surface area contributed by atoms with E-state index < -0.39 is 11.9 Å². The molecule has 0 aromatic heterocycles. The van der Waals surface area contributed by atoms with Crippen LogP contribution in [0.15, 0.2) is 42.5 Å². The van der Waals surface area contributed by atoms with Crippen molar-refractivity contribution in [1.29, 1.82) is 0 Å². The molecule has 1 atom stereocenters. The largest absolute Gasteiger partial charge is 0.368 e. The van der Waals surface area contributed by atoms with Crippen LogP contribution in [-0.2, 0) is 4.79 Å². The number of hydrogen-bond acceptors (Lipinski definition) is 2. The third kappa shape index (κ3) is 4.72. The normalized spacial score (nSPS) is 11.6. The van der Waals surface area contributed by atoms with Gasteiger partial charge in [-0.2, -0.15) is 0 Å². The summed E-state index contributed by atoms with van der Waals surface area (Å²) in [5.74, 6) is -0.653.